The number of halogens is 1. The Morgan fingerprint density at radius 2 is 1.93 bits per heavy atom. The summed E-state index contributed by atoms with van der Waals surface area (Å²) >= 11 is 6.25. The van der Waals surface area contributed by atoms with Crippen LogP contribution in [0.3, 0.4) is 0 Å². The fourth-order valence-electron chi connectivity index (χ4n) is 3.03. The van der Waals surface area contributed by atoms with Crippen LogP contribution < -0.4 is 5.32 Å². The summed E-state index contributed by atoms with van der Waals surface area (Å²) in [5, 5.41) is 7.63. The highest BCUT2D eigenvalue weighted by molar-refractivity contribution is 6.33. The van der Waals surface area contributed by atoms with E-state index in [0.717, 1.165) is 28.9 Å². The summed E-state index contributed by atoms with van der Waals surface area (Å²) < 4.78 is 7.34. The number of hydrogen-bond donors (Lipinski definition) is 1. The van der Waals surface area contributed by atoms with Gasteiger partial charge in [0.1, 0.15) is 5.69 Å². The van der Waals surface area contributed by atoms with E-state index in [-0.39, 0.29) is 11.6 Å². The van der Waals surface area contributed by atoms with Gasteiger partial charge >= 0.3 is 0 Å². The van der Waals surface area contributed by atoms with Crippen LogP contribution in [0.4, 0.5) is 0 Å². The van der Waals surface area contributed by atoms with Crippen LogP contribution >= 0.6 is 11.6 Å². The minimum Gasteiger partial charge on any atom is -0.377 e. The molecule has 1 aromatic carbocycles. The van der Waals surface area contributed by atoms with Crippen molar-refractivity contribution >= 4 is 17.5 Å². The molecule has 2 aromatic heterocycles. The lowest BCUT2D eigenvalue weighted by Gasteiger charge is -2.12. The van der Waals surface area contributed by atoms with Gasteiger partial charge in [-0.25, -0.2) is 9.67 Å². The fraction of sp³-hybridized carbons (Fsp3) is 0.318. The van der Waals surface area contributed by atoms with E-state index in [2.05, 4.69) is 22.3 Å². The molecule has 152 valence electrons. The van der Waals surface area contributed by atoms with Gasteiger partial charge in [0.25, 0.3) is 5.91 Å². The van der Waals surface area contributed by atoms with Crippen LogP contribution in [-0.2, 0) is 17.9 Å². The number of rotatable bonds is 8. The fourth-order valence-corrected chi connectivity index (χ4v) is 3.22. The Bertz CT molecular complexity index is 1000. The predicted octanol–water partition coefficient (Wildman–Crippen LogP) is 4.39. The van der Waals surface area contributed by atoms with Crippen LogP contribution in [0.25, 0.3) is 5.82 Å². The van der Waals surface area contributed by atoms with Crippen LogP contribution in [0.5, 0.6) is 0 Å². The Kier molecular flexibility index (Phi) is 7.01. The van der Waals surface area contributed by atoms with E-state index in [0.29, 0.717) is 30.6 Å². The van der Waals surface area contributed by atoms with Gasteiger partial charge in [-0.2, -0.15) is 5.10 Å². The molecule has 0 spiro atoms. The molecular formula is C22H25ClN4O2. The minimum absolute atomic E-state index is 0.177. The van der Waals surface area contributed by atoms with Crippen molar-refractivity contribution in [2.75, 3.05) is 6.61 Å². The smallest absolute Gasteiger partial charge is 0.271 e. The Morgan fingerprint density at radius 3 is 2.62 bits per heavy atom. The van der Waals surface area contributed by atoms with Crippen molar-refractivity contribution < 1.29 is 9.53 Å². The molecule has 7 heteroatoms. The molecule has 6 nitrogen and oxygen atoms in total. The number of benzene rings is 1. The second kappa shape index (κ2) is 9.67. The minimum atomic E-state index is -0.331. The molecule has 1 N–H and O–H groups in total. The van der Waals surface area contributed by atoms with E-state index < -0.39 is 0 Å². The number of pyridine rings is 1. The topological polar surface area (TPSA) is 69.0 Å². The molecule has 0 aliphatic heterocycles. The zero-order valence-electron chi connectivity index (χ0n) is 16.9. The van der Waals surface area contributed by atoms with Crippen molar-refractivity contribution in [2.24, 2.45) is 0 Å². The lowest BCUT2D eigenvalue weighted by molar-refractivity contribution is 0.0944. The third-order valence-corrected chi connectivity index (χ3v) is 4.74. The SMILES string of the molecule is CCCOCc1ccccc1CNC(=O)c1nc(-n2nc(C)cc2C)ccc1Cl. The number of aromatic nitrogens is 3. The number of nitrogens with zero attached hydrogens (tertiary/aromatic N) is 3. The summed E-state index contributed by atoms with van der Waals surface area (Å²) in [5.74, 6) is 0.223. The quantitative estimate of drug-likeness (QED) is 0.557. The Hall–Kier alpha value is -2.70. The average molecular weight is 413 g/mol. The number of amides is 1. The molecule has 0 fully saturated rings. The summed E-state index contributed by atoms with van der Waals surface area (Å²) in [7, 11) is 0. The van der Waals surface area contributed by atoms with E-state index in [1.807, 2.05) is 44.2 Å². The standard InChI is InChI=1S/C22H25ClN4O2/c1-4-11-29-14-18-8-6-5-7-17(18)13-24-22(28)21-19(23)9-10-20(25-21)27-16(3)12-15(2)26-27/h5-10,12H,4,11,13-14H2,1-3H3,(H,24,28). The van der Waals surface area contributed by atoms with E-state index in [4.69, 9.17) is 16.3 Å². The maximum absolute atomic E-state index is 12.8. The maximum atomic E-state index is 12.8. The molecule has 0 bridgehead atoms. The highest BCUT2D eigenvalue weighted by Crippen LogP contribution is 2.18. The van der Waals surface area contributed by atoms with Crippen molar-refractivity contribution in [3.8, 4) is 5.82 Å². The first-order valence-electron chi connectivity index (χ1n) is 9.62. The van der Waals surface area contributed by atoms with Gasteiger partial charge in [-0.3, -0.25) is 4.79 Å². The largest absolute Gasteiger partial charge is 0.377 e. The van der Waals surface area contributed by atoms with Crippen molar-refractivity contribution in [3.05, 3.63) is 75.7 Å². The summed E-state index contributed by atoms with van der Waals surface area (Å²) in [6.07, 6.45) is 0.967. The van der Waals surface area contributed by atoms with Gasteiger partial charge in [0.05, 0.1) is 17.3 Å². The molecular weight excluding hydrogens is 388 g/mol. The summed E-state index contributed by atoms with van der Waals surface area (Å²) in [5.41, 5.74) is 4.05. The molecule has 3 aromatic rings. The average Bonchev–Trinajstić information content (AvgIpc) is 3.05. The second-order valence-corrected chi connectivity index (χ2v) is 7.25. The van der Waals surface area contributed by atoms with Gasteiger partial charge in [-0.05, 0) is 49.6 Å². The highest BCUT2D eigenvalue weighted by Gasteiger charge is 2.15. The maximum Gasteiger partial charge on any atom is 0.271 e. The third-order valence-electron chi connectivity index (χ3n) is 4.44. The normalized spacial score (nSPS) is 10.9. The number of carbonyl (C=O) groups excluding carboxylic acids is 1. The lowest BCUT2D eigenvalue weighted by Crippen LogP contribution is -2.25. The Morgan fingerprint density at radius 1 is 1.17 bits per heavy atom. The zero-order valence-corrected chi connectivity index (χ0v) is 17.7. The van der Waals surface area contributed by atoms with Gasteiger partial charge in [-0.15, -0.1) is 0 Å². The number of hydrogen-bond acceptors (Lipinski definition) is 4. The molecule has 0 unspecified atom stereocenters. The van der Waals surface area contributed by atoms with E-state index >= 15 is 0 Å². The zero-order chi connectivity index (χ0) is 20.8. The molecule has 2 heterocycles. The van der Waals surface area contributed by atoms with Gasteiger partial charge in [0.15, 0.2) is 5.82 Å². The lowest BCUT2D eigenvalue weighted by atomic mass is 10.1. The molecule has 0 aliphatic carbocycles. The van der Waals surface area contributed by atoms with Crippen LogP contribution in [-0.4, -0.2) is 27.3 Å². The first-order valence-corrected chi connectivity index (χ1v) is 10.00. The van der Waals surface area contributed by atoms with Crippen LogP contribution in [0.15, 0.2) is 42.5 Å². The Balaban J connectivity index is 1.75. The van der Waals surface area contributed by atoms with Gasteiger partial charge in [-0.1, -0.05) is 42.8 Å². The molecule has 0 atom stereocenters. The van der Waals surface area contributed by atoms with Crippen molar-refractivity contribution in [3.63, 3.8) is 0 Å². The molecule has 0 saturated carbocycles. The van der Waals surface area contributed by atoms with Gasteiger partial charge in [0.2, 0.25) is 0 Å². The van der Waals surface area contributed by atoms with Crippen molar-refractivity contribution in [2.45, 2.75) is 40.3 Å². The summed E-state index contributed by atoms with van der Waals surface area (Å²) in [6.45, 7) is 7.52. The molecule has 29 heavy (non-hydrogen) atoms. The van der Waals surface area contributed by atoms with Crippen molar-refractivity contribution in [1.29, 1.82) is 0 Å². The third kappa shape index (κ3) is 5.22. The van der Waals surface area contributed by atoms with Crippen LogP contribution in [0.2, 0.25) is 5.02 Å². The predicted molar refractivity (Wildman–Crippen MR) is 113 cm³/mol. The van der Waals surface area contributed by atoms with Gasteiger partial charge < -0.3 is 10.1 Å². The molecule has 0 saturated heterocycles. The number of aryl methyl sites for hydroxylation is 2. The van der Waals surface area contributed by atoms with Crippen LogP contribution in [0.1, 0.15) is 46.3 Å². The van der Waals surface area contributed by atoms with E-state index in [1.54, 1.807) is 16.8 Å². The summed E-state index contributed by atoms with van der Waals surface area (Å²) in [6, 6.07) is 13.3. The molecule has 0 aliphatic rings. The van der Waals surface area contributed by atoms with Gasteiger partial charge in [0, 0.05) is 18.8 Å². The first kappa shape index (κ1) is 21.0. The second-order valence-electron chi connectivity index (χ2n) is 6.84. The van der Waals surface area contributed by atoms with E-state index in [9.17, 15) is 4.79 Å². The number of nitrogens with one attached hydrogen (secondary N) is 1. The number of ether oxygens (including phenoxy) is 1. The Labute approximate surface area is 175 Å². The highest BCUT2D eigenvalue weighted by atomic mass is 35.5. The number of carbonyl (C=O) groups is 1. The molecule has 1 amide bonds. The van der Waals surface area contributed by atoms with E-state index in [1.165, 1.54) is 0 Å². The first-order chi connectivity index (χ1) is 14.0. The summed E-state index contributed by atoms with van der Waals surface area (Å²) in [4.78, 5) is 17.2. The molecule has 3 rings (SSSR count). The van der Waals surface area contributed by atoms with Crippen LogP contribution in [0, 0.1) is 13.8 Å². The molecule has 0 radical (unpaired) electrons. The monoisotopic (exact) mass is 412 g/mol. The van der Waals surface area contributed by atoms with Crippen molar-refractivity contribution in [1.82, 2.24) is 20.1 Å².